The summed E-state index contributed by atoms with van der Waals surface area (Å²) in [7, 11) is 0. The lowest BCUT2D eigenvalue weighted by atomic mass is 9.97. The molecule has 0 bridgehead atoms. The summed E-state index contributed by atoms with van der Waals surface area (Å²) < 4.78 is 8.74. The topological polar surface area (TPSA) is 102 Å². The lowest BCUT2D eigenvalue weighted by Crippen LogP contribution is -2.05. The van der Waals surface area contributed by atoms with Crippen LogP contribution in [0.1, 0.15) is 41.3 Å². The van der Waals surface area contributed by atoms with Crippen molar-refractivity contribution >= 4 is 27.9 Å². The van der Waals surface area contributed by atoms with Crippen LogP contribution in [0.4, 0.5) is 0 Å². The Morgan fingerprint density at radius 1 is 1.00 bits per heavy atom. The number of hydrogen-bond acceptors (Lipinski definition) is 4. The second kappa shape index (κ2) is 11.9. The fourth-order valence-corrected chi connectivity index (χ4v) is 4.60. The van der Waals surface area contributed by atoms with E-state index in [0.29, 0.717) is 30.2 Å². The Kier molecular flexibility index (Phi) is 8.40. The lowest BCUT2D eigenvalue weighted by molar-refractivity contribution is -0.136. The molecule has 0 saturated carbocycles. The molecular weight excluding hydrogens is 536 g/mol. The summed E-state index contributed by atoms with van der Waals surface area (Å²) in [6.45, 7) is 2.85. The Morgan fingerprint density at radius 3 is 2.46 bits per heavy atom. The SMILES string of the molecule is CCCOc1cc(C(=O)O)ccc1-c1nn(Cc2ccccc2)c(-c2cccc(Br)c2)c1CCC(=O)O. The molecule has 2 N–H and O–H groups in total. The largest absolute Gasteiger partial charge is 0.493 e. The van der Waals surface area contributed by atoms with Gasteiger partial charge in [-0.3, -0.25) is 9.48 Å². The van der Waals surface area contributed by atoms with E-state index in [1.807, 2.05) is 66.2 Å². The molecular formula is C29H27BrN2O5. The van der Waals surface area contributed by atoms with Gasteiger partial charge < -0.3 is 14.9 Å². The molecule has 4 rings (SSSR count). The molecule has 0 saturated heterocycles. The number of halogens is 1. The molecule has 0 atom stereocenters. The zero-order valence-electron chi connectivity index (χ0n) is 20.4. The maximum absolute atomic E-state index is 11.7. The molecule has 1 heterocycles. The van der Waals surface area contributed by atoms with Crippen LogP contribution in [0.3, 0.4) is 0 Å². The number of carbonyl (C=O) groups is 2. The molecule has 0 spiro atoms. The van der Waals surface area contributed by atoms with Gasteiger partial charge in [-0.25, -0.2) is 4.79 Å². The molecule has 190 valence electrons. The molecule has 0 aliphatic carbocycles. The van der Waals surface area contributed by atoms with Gasteiger partial charge in [-0.15, -0.1) is 0 Å². The van der Waals surface area contributed by atoms with Crippen LogP contribution in [-0.2, 0) is 17.8 Å². The van der Waals surface area contributed by atoms with Crippen LogP contribution in [0.25, 0.3) is 22.5 Å². The van der Waals surface area contributed by atoms with E-state index in [9.17, 15) is 19.8 Å². The first kappa shape index (κ1) is 26.2. The van der Waals surface area contributed by atoms with Crippen molar-refractivity contribution in [1.29, 1.82) is 0 Å². The molecule has 0 aliphatic rings. The Morgan fingerprint density at radius 2 is 1.78 bits per heavy atom. The highest BCUT2D eigenvalue weighted by atomic mass is 79.9. The first-order valence-electron chi connectivity index (χ1n) is 12.0. The highest BCUT2D eigenvalue weighted by Crippen LogP contribution is 2.39. The number of carboxylic acid groups (broad SMARTS) is 2. The van der Waals surface area contributed by atoms with Gasteiger partial charge in [-0.2, -0.15) is 5.10 Å². The Bertz CT molecular complexity index is 1420. The molecule has 37 heavy (non-hydrogen) atoms. The minimum Gasteiger partial charge on any atom is -0.493 e. The third-order valence-corrected chi connectivity index (χ3v) is 6.35. The minimum absolute atomic E-state index is 0.0800. The van der Waals surface area contributed by atoms with Crippen LogP contribution in [0.15, 0.2) is 77.3 Å². The first-order chi connectivity index (χ1) is 17.9. The van der Waals surface area contributed by atoms with E-state index in [4.69, 9.17) is 9.84 Å². The average molecular weight is 563 g/mol. The number of benzene rings is 3. The summed E-state index contributed by atoms with van der Waals surface area (Å²) in [5.41, 5.74) is 4.82. The number of aliphatic carboxylic acids is 1. The molecule has 0 unspecified atom stereocenters. The Hall–Kier alpha value is -3.91. The number of hydrogen-bond donors (Lipinski definition) is 2. The molecule has 4 aromatic rings. The van der Waals surface area contributed by atoms with E-state index in [2.05, 4.69) is 15.9 Å². The number of aromatic carboxylic acids is 1. The smallest absolute Gasteiger partial charge is 0.335 e. The summed E-state index contributed by atoms with van der Waals surface area (Å²) in [6.07, 6.45) is 0.910. The molecule has 3 aromatic carbocycles. The number of ether oxygens (including phenoxy) is 1. The quantitative estimate of drug-likeness (QED) is 0.215. The van der Waals surface area contributed by atoms with E-state index in [0.717, 1.165) is 33.3 Å². The van der Waals surface area contributed by atoms with E-state index < -0.39 is 11.9 Å². The van der Waals surface area contributed by atoms with Crippen molar-refractivity contribution < 1.29 is 24.5 Å². The molecule has 0 fully saturated rings. The van der Waals surface area contributed by atoms with Gasteiger partial charge in [0.1, 0.15) is 5.75 Å². The third-order valence-electron chi connectivity index (χ3n) is 5.86. The van der Waals surface area contributed by atoms with Crippen molar-refractivity contribution in [3.63, 3.8) is 0 Å². The van der Waals surface area contributed by atoms with E-state index >= 15 is 0 Å². The third kappa shape index (κ3) is 6.27. The maximum Gasteiger partial charge on any atom is 0.335 e. The normalized spacial score (nSPS) is 10.9. The highest BCUT2D eigenvalue weighted by Gasteiger charge is 2.24. The zero-order chi connectivity index (χ0) is 26.4. The van der Waals surface area contributed by atoms with E-state index in [-0.39, 0.29) is 18.4 Å². The fourth-order valence-electron chi connectivity index (χ4n) is 4.20. The van der Waals surface area contributed by atoms with Gasteiger partial charge in [0.15, 0.2) is 0 Å². The number of nitrogens with zero attached hydrogens (tertiary/aromatic N) is 2. The molecule has 0 radical (unpaired) electrons. The second-order valence-electron chi connectivity index (χ2n) is 8.59. The molecule has 7 nitrogen and oxygen atoms in total. The predicted octanol–water partition coefficient (Wildman–Crippen LogP) is 6.53. The summed E-state index contributed by atoms with van der Waals surface area (Å²) in [5, 5.41) is 24.0. The fraction of sp³-hybridized carbons (Fsp3) is 0.207. The summed E-state index contributed by atoms with van der Waals surface area (Å²) in [4.78, 5) is 23.3. The van der Waals surface area contributed by atoms with Crippen LogP contribution in [0.2, 0.25) is 0 Å². The molecule has 8 heteroatoms. The highest BCUT2D eigenvalue weighted by molar-refractivity contribution is 9.10. The van der Waals surface area contributed by atoms with Crippen molar-refractivity contribution in [3.05, 3.63) is 94.0 Å². The van der Waals surface area contributed by atoms with Gasteiger partial charge in [-0.05, 0) is 48.7 Å². The summed E-state index contributed by atoms with van der Waals surface area (Å²) >= 11 is 3.55. The average Bonchev–Trinajstić information content (AvgIpc) is 3.24. The minimum atomic E-state index is -1.05. The van der Waals surface area contributed by atoms with E-state index in [1.165, 1.54) is 12.1 Å². The van der Waals surface area contributed by atoms with E-state index in [1.54, 1.807) is 6.07 Å². The Balaban J connectivity index is 1.97. The van der Waals surface area contributed by atoms with Crippen LogP contribution < -0.4 is 4.74 Å². The predicted molar refractivity (Wildman–Crippen MR) is 145 cm³/mol. The van der Waals surface area contributed by atoms with Crippen molar-refractivity contribution in [2.45, 2.75) is 32.7 Å². The van der Waals surface area contributed by atoms with Gasteiger partial charge in [0, 0.05) is 27.6 Å². The van der Waals surface area contributed by atoms with Gasteiger partial charge in [0.05, 0.1) is 30.1 Å². The van der Waals surface area contributed by atoms with Gasteiger partial charge in [0.25, 0.3) is 0 Å². The maximum atomic E-state index is 11.7. The molecule has 0 aliphatic heterocycles. The number of aromatic nitrogens is 2. The van der Waals surface area contributed by atoms with Crippen molar-refractivity contribution in [2.24, 2.45) is 0 Å². The number of carboxylic acids is 2. The van der Waals surface area contributed by atoms with Crippen molar-refractivity contribution in [1.82, 2.24) is 9.78 Å². The van der Waals surface area contributed by atoms with Gasteiger partial charge in [-0.1, -0.05) is 65.3 Å². The number of rotatable bonds is 11. The van der Waals surface area contributed by atoms with Crippen LogP contribution in [0, 0.1) is 0 Å². The first-order valence-corrected chi connectivity index (χ1v) is 12.8. The standard InChI is InChI=1S/C29H27BrN2O5/c1-2-15-37-25-17-21(29(35)36)11-12-23(25)27-24(13-14-26(33)34)28(20-9-6-10-22(30)16-20)32(31-27)18-19-7-4-3-5-8-19/h3-12,16-17H,2,13-15,18H2,1H3,(H,33,34)(H,35,36). The van der Waals surface area contributed by atoms with Crippen molar-refractivity contribution in [2.75, 3.05) is 6.61 Å². The summed E-state index contributed by atoms with van der Waals surface area (Å²) in [5.74, 6) is -1.56. The van der Waals surface area contributed by atoms with Gasteiger partial charge in [0.2, 0.25) is 0 Å². The zero-order valence-corrected chi connectivity index (χ0v) is 21.9. The monoisotopic (exact) mass is 562 g/mol. The van der Waals surface area contributed by atoms with Crippen LogP contribution in [-0.4, -0.2) is 38.5 Å². The van der Waals surface area contributed by atoms with Crippen LogP contribution >= 0.6 is 15.9 Å². The lowest BCUT2D eigenvalue weighted by Gasteiger charge is -2.12. The molecule has 1 aromatic heterocycles. The second-order valence-corrected chi connectivity index (χ2v) is 9.50. The van der Waals surface area contributed by atoms with Crippen molar-refractivity contribution in [3.8, 4) is 28.3 Å². The summed E-state index contributed by atoms with van der Waals surface area (Å²) in [6, 6.07) is 22.4. The van der Waals surface area contributed by atoms with Crippen LogP contribution in [0.5, 0.6) is 5.75 Å². The molecule has 0 amide bonds. The van der Waals surface area contributed by atoms with Gasteiger partial charge >= 0.3 is 11.9 Å². The Labute approximate surface area is 223 Å².